The van der Waals surface area contributed by atoms with Crippen molar-refractivity contribution in [3.63, 3.8) is 0 Å². The van der Waals surface area contributed by atoms with Crippen molar-refractivity contribution in [1.29, 1.82) is 0 Å². The van der Waals surface area contributed by atoms with E-state index in [-0.39, 0.29) is 0 Å². The van der Waals surface area contributed by atoms with Gasteiger partial charge >= 0.3 is 0 Å². The Bertz CT molecular complexity index is 856. The highest BCUT2D eigenvalue weighted by molar-refractivity contribution is 6.30. The fourth-order valence-corrected chi connectivity index (χ4v) is 2.28. The van der Waals surface area contributed by atoms with Crippen LogP contribution in [-0.2, 0) is 6.61 Å². The summed E-state index contributed by atoms with van der Waals surface area (Å²) in [5, 5.41) is 5.01. The molecule has 2 aromatic carbocycles. The van der Waals surface area contributed by atoms with Crippen molar-refractivity contribution >= 4 is 23.8 Å². The van der Waals surface area contributed by atoms with Crippen LogP contribution in [0.1, 0.15) is 16.8 Å². The number of halogens is 1. The lowest BCUT2D eigenvalue weighted by molar-refractivity contribution is 0.306. The summed E-state index contributed by atoms with van der Waals surface area (Å²) in [6.45, 7) is 2.35. The van der Waals surface area contributed by atoms with Crippen LogP contribution in [0.2, 0.25) is 5.02 Å². The van der Waals surface area contributed by atoms with E-state index in [0.717, 1.165) is 22.6 Å². The topological polar surface area (TPSA) is 65.4 Å². The maximum absolute atomic E-state index is 5.88. The van der Waals surface area contributed by atoms with Gasteiger partial charge in [-0.25, -0.2) is 9.66 Å². The first kappa shape index (κ1) is 16.1. The molecule has 0 atom stereocenters. The van der Waals surface area contributed by atoms with Gasteiger partial charge in [-0.3, -0.25) is 0 Å². The second-order valence-electron chi connectivity index (χ2n) is 5.32. The lowest BCUT2D eigenvalue weighted by Crippen LogP contribution is -1.98. The first-order valence-electron chi connectivity index (χ1n) is 7.43. The molecule has 3 aromatic rings. The van der Waals surface area contributed by atoms with Crippen LogP contribution < -0.4 is 10.5 Å². The van der Waals surface area contributed by atoms with Gasteiger partial charge in [0, 0.05) is 5.02 Å². The third-order valence-corrected chi connectivity index (χ3v) is 3.59. The van der Waals surface area contributed by atoms with Gasteiger partial charge in [0.25, 0.3) is 0 Å². The number of anilines is 1. The monoisotopic (exact) mass is 340 g/mol. The van der Waals surface area contributed by atoms with Gasteiger partial charge in [0.2, 0.25) is 5.95 Å². The Morgan fingerprint density at radius 3 is 2.75 bits per heavy atom. The second kappa shape index (κ2) is 7.19. The van der Waals surface area contributed by atoms with E-state index in [1.165, 1.54) is 4.68 Å². The highest BCUT2D eigenvalue weighted by Gasteiger charge is 2.00. The largest absolute Gasteiger partial charge is 0.489 e. The average molecular weight is 341 g/mol. The van der Waals surface area contributed by atoms with Crippen molar-refractivity contribution in [3.05, 3.63) is 76.6 Å². The number of imidazole rings is 1. The maximum Gasteiger partial charge on any atom is 0.221 e. The van der Waals surface area contributed by atoms with Crippen molar-refractivity contribution < 1.29 is 4.74 Å². The first-order chi connectivity index (χ1) is 11.6. The smallest absolute Gasteiger partial charge is 0.221 e. The van der Waals surface area contributed by atoms with Gasteiger partial charge in [0.15, 0.2) is 0 Å². The van der Waals surface area contributed by atoms with E-state index in [2.05, 4.69) is 10.1 Å². The molecule has 6 heteroatoms. The predicted octanol–water partition coefficient (Wildman–Crippen LogP) is 3.89. The summed E-state index contributed by atoms with van der Waals surface area (Å²) in [5.74, 6) is 1.13. The van der Waals surface area contributed by atoms with Crippen LogP contribution in [0.15, 0.2) is 59.8 Å². The van der Waals surface area contributed by atoms with E-state index in [9.17, 15) is 0 Å². The summed E-state index contributed by atoms with van der Waals surface area (Å²) in [5.41, 5.74) is 8.55. The first-order valence-corrected chi connectivity index (χ1v) is 7.81. The Hall–Kier alpha value is -2.79. The van der Waals surface area contributed by atoms with E-state index in [1.807, 2.05) is 55.5 Å². The molecule has 3 rings (SSSR count). The number of aromatic nitrogens is 2. The summed E-state index contributed by atoms with van der Waals surface area (Å²) in [6, 6.07) is 15.3. The van der Waals surface area contributed by atoms with E-state index in [0.29, 0.717) is 17.6 Å². The maximum atomic E-state index is 5.88. The molecular formula is C18H17ClN4O. The molecule has 1 aromatic heterocycles. The molecule has 0 spiro atoms. The minimum absolute atomic E-state index is 0.360. The Morgan fingerprint density at radius 2 is 2.04 bits per heavy atom. The van der Waals surface area contributed by atoms with Crippen LogP contribution in [0.25, 0.3) is 0 Å². The quantitative estimate of drug-likeness (QED) is 0.716. The highest BCUT2D eigenvalue weighted by atomic mass is 35.5. The third-order valence-electron chi connectivity index (χ3n) is 3.34. The molecule has 0 saturated heterocycles. The molecule has 5 nitrogen and oxygen atoms in total. The van der Waals surface area contributed by atoms with Crippen molar-refractivity contribution in [3.8, 4) is 5.75 Å². The fourth-order valence-electron chi connectivity index (χ4n) is 2.16. The number of rotatable bonds is 5. The Morgan fingerprint density at radius 1 is 1.25 bits per heavy atom. The molecule has 122 valence electrons. The zero-order valence-electron chi connectivity index (χ0n) is 13.2. The summed E-state index contributed by atoms with van der Waals surface area (Å²) in [7, 11) is 0. The zero-order chi connectivity index (χ0) is 16.9. The SMILES string of the molecule is Cc1cn(N=Cc2cccc(OCc3ccc(Cl)cc3)c2)c(N)n1. The minimum atomic E-state index is 0.360. The van der Waals surface area contributed by atoms with Gasteiger partial charge in [-0.05, 0) is 42.3 Å². The summed E-state index contributed by atoms with van der Waals surface area (Å²) in [6.07, 6.45) is 3.49. The third kappa shape index (κ3) is 4.14. The number of benzene rings is 2. The van der Waals surface area contributed by atoms with Crippen LogP contribution in [0, 0.1) is 6.92 Å². The summed E-state index contributed by atoms with van der Waals surface area (Å²) in [4.78, 5) is 4.10. The molecule has 0 radical (unpaired) electrons. The summed E-state index contributed by atoms with van der Waals surface area (Å²) >= 11 is 5.88. The van der Waals surface area contributed by atoms with Crippen molar-refractivity contribution in [2.75, 3.05) is 5.73 Å². The molecule has 0 aliphatic carbocycles. The van der Waals surface area contributed by atoms with Crippen molar-refractivity contribution in [2.45, 2.75) is 13.5 Å². The van der Waals surface area contributed by atoms with Crippen molar-refractivity contribution in [1.82, 2.24) is 9.66 Å². The van der Waals surface area contributed by atoms with Crippen LogP contribution in [0.3, 0.4) is 0 Å². The average Bonchev–Trinajstić information content (AvgIpc) is 2.90. The lowest BCUT2D eigenvalue weighted by atomic mass is 10.2. The molecule has 24 heavy (non-hydrogen) atoms. The van der Waals surface area contributed by atoms with E-state index < -0.39 is 0 Å². The Balaban J connectivity index is 1.67. The van der Waals surface area contributed by atoms with E-state index in [1.54, 1.807) is 12.4 Å². The van der Waals surface area contributed by atoms with Crippen LogP contribution >= 0.6 is 11.6 Å². The fraction of sp³-hybridized carbons (Fsp3) is 0.111. The van der Waals surface area contributed by atoms with Gasteiger partial charge in [-0.15, -0.1) is 0 Å². The van der Waals surface area contributed by atoms with E-state index in [4.69, 9.17) is 22.1 Å². The Labute approximate surface area is 145 Å². The normalized spacial score (nSPS) is 11.1. The van der Waals surface area contributed by atoms with Gasteiger partial charge in [0.1, 0.15) is 12.4 Å². The van der Waals surface area contributed by atoms with Crippen LogP contribution in [0.4, 0.5) is 5.95 Å². The molecule has 0 bridgehead atoms. The highest BCUT2D eigenvalue weighted by Crippen LogP contribution is 2.16. The number of aryl methyl sites for hydroxylation is 1. The molecule has 0 aliphatic rings. The standard InChI is InChI=1S/C18H17ClN4O/c1-13-11-23(18(20)22-13)21-10-15-3-2-4-17(9-15)24-12-14-5-7-16(19)8-6-14/h2-11H,12H2,1H3,(H2,20,22). The number of hydrogen-bond acceptors (Lipinski definition) is 4. The summed E-state index contributed by atoms with van der Waals surface area (Å²) < 4.78 is 7.34. The van der Waals surface area contributed by atoms with Gasteiger partial charge in [0.05, 0.1) is 18.1 Å². The predicted molar refractivity (Wildman–Crippen MR) is 96.6 cm³/mol. The number of ether oxygens (including phenoxy) is 1. The van der Waals surface area contributed by atoms with Gasteiger partial charge in [-0.2, -0.15) is 5.10 Å². The van der Waals surface area contributed by atoms with Crippen molar-refractivity contribution in [2.24, 2.45) is 5.10 Å². The van der Waals surface area contributed by atoms with Crippen LogP contribution in [0.5, 0.6) is 5.75 Å². The number of hydrogen-bond donors (Lipinski definition) is 1. The zero-order valence-corrected chi connectivity index (χ0v) is 13.9. The molecular weight excluding hydrogens is 324 g/mol. The Kier molecular flexibility index (Phi) is 4.82. The van der Waals surface area contributed by atoms with E-state index >= 15 is 0 Å². The molecule has 0 aliphatic heterocycles. The van der Waals surface area contributed by atoms with Gasteiger partial charge < -0.3 is 10.5 Å². The minimum Gasteiger partial charge on any atom is -0.489 e. The number of nitrogens with zero attached hydrogens (tertiary/aromatic N) is 3. The molecule has 1 heterocycles. The molecule has 0 amide bonds. The van der Waals surface area contributed by atoms with Gasteiger partial charge in [-0.1, -0.05) is 35.9 Å². The molecule has 0 saturated carbocycles. The molecule has 0 fully saturated rings. The molecule has 2 N–H and O–H groups in total. The number of nitrogens with two attached hydrogens (primary N) is 1. The second-order valence-corrected chi connectivity index (χ2v) is 5.75. The molecule has 0 unspecified atom stereocenters. The van der Waals surface area contributed by atoms with Crippen LogP contribution in [-0.4, -0.2) is 15.9 Å². The lowest BCUT2D eigenvalue weighted by Gasteiger charge is -2.07. The number of nitrogen functional groups attached to an aromatic ring is 1.